The zero-order valence-corrected chi connectivity index (χ0v) is 11.7. The first kappa shape index (κ1) is 13.0. The van der Waals surface area contributed by atoms with Gasteiger partial charge in [0, 0.05) is 11.3 Å². The molecule has 0 aliphatic heterocycles. The summed E-state index contributed by atoms with van der Waals surface area (Å²) in [6.07, 6.45) is 0. The summed E-state index contributed by atoms with van der Waals surface area (Å²) >= 11 is 7.19. The molecule has 0 saturated heterocycles. The Kier molecular flexibility index (Phi) is 3.63. The van der Waals surface area contributed by atoms with Crippen LogP contribution in [0.1, 0.15) is 20.9 Å². The molecule has 0 aliphatic rings. The quantitative estimate of drug-likeness (QED) is 0.627. The molecular formula is C12H11ClN2O2S. The van der Waals surface area contributed by atoms with Gasteiger partial charge in [-0.2, -0.15) is 0 Å². The van der Waals surface area contributed by atoms with Crippen LogP contribution in [0.15, 0.2) is 11.4 Å². The van der Waals surface area contributed by atoms with Gasteiger partial charge in [-0.1, -0.05) is 0 Å². The Hall–Kier alpha value is -1.46. The van der Waals surface area contributed by atoms with Crippen molar-refractivity contribution in [2.75, 3.05) is 7.11 Å². The summed E-state index contributed by atoms with van der Waals surface area (Å²) in [6.45, 7) is 3.75. The van der Waals surface area contributed by atoms with Crippen molar-refractivity contribution in [3.63, 3.8) is 0 Å². The molecule has 0 unspecified atom stereocenters. The van der Waals surface area contributed by atoms with Gasteiger partial charge < -0.3 is 4.74 Å². The monoisotopic (exact) mass is 282 g/mol. The third-order valence-electron chi connectivity index (χ3n) is 2.43. The molecule has 94 valence electrons. The first-order valence-corrected chi connectivity index (χ1v) is 6.46. The summed E-state index contributed by atoms with van der Waals surface area (Å²) in [7, 11) is 1.36. The highest BCUT2D eigenvalue weighted by molar-refractivity contribution is 7.12. The van der Waals surface area contributed by atoms with Crippen LogP contribution in [-0.4, -0.2) is 23.0 Å². The Labute approximate surface area is 114 Å². The molecule has 2 aromatic heterocycles. The molecule has 0 aliphatic carbocycles. The number of rotatable bonds is 2. The second kappa shape index (κ2) is 5.04. The number of nitrogens with zero attached hydrogens (tertiary/aromatic N) is 2. The van der Waals surface area contributed by atoms with Crippen molar-refractivity contribution in [1.29, 1.82) is 0 Å². The Morgan fingerprint density at radius 1 is 1.39 bits per heavy atom. The van der Waals surface area contributed by atoms with Crippen LogP contribution in [0.3, 0.4) is 0 Å². The minimum absolute atomic E-state index is 0.173. The molecule has 2 rings (SSSR count). The molecule has 0 saturated carbocycles. The Bertz CT molecular complexity index is 590. The SMILES string of the molecule is COC(=O)c1scc(C)c1-c1cc(C)nc(Cl)n1. The Morgan fingerprint density at radius 3 is 2.72 bits per heavy atom. The molecule has 2 heterocycles. The first-order valence-electron chi connectivity index (χ1n) is 5.21. The molecule has 0 N–H and O–H groups in total. The summed E-state index contributed by atoms with van der Waals surface area (Å²) in [4.78, 5) is 20.4. The fourth-order valence-electron chi connectivity index (χ4n) is 1.67. The lowest BCUT2D eigenvalue weighted by atomic mass is 10.1. The summed E-state index contributed by atoms with van der Waals surface area (Å²) in [6, 6.07) is 1.80. The molecule has 0 fully saturated rings. The average molecular weight is 283 g/mol. The van der Waals surface area contributed by atoms with E-state index in [0.717, 1.165) is 16.8 Å². The summed E-state index contributed by atoms with van der Waals surface area (Å²) < 4.78 is 4.77. The number of carbonyl (C=O) groups excluding carboxylic acids is 1. The lowest BCUT2D eigenvalue weighted by molar-refractivity contribution is 0.0607. The molecule has 0 radical (unpaired) electrons. The van der Waals surface area contributed by atoms with Gasteiger partial charge in [0.15, 0.2) is 0 Å². The lowest BCUT2D eigenvalue weighted by Crippen LogP contribution is -2.02. The van der Waals surface area contributed by atoms with E-state index in [-0.39, 0.29) is 11.3 Å². The van der Waals surface area contributed by atoms with Gasteiger partial charge >= 0.3 is 5.97 Å². The van der Waals surface area contributed by atoms with E-state index in [4.69, 9.17) is 16.3 Å². The number of ether oxygens (including phenoxy) is 1. The molecule has 0 spiro atoms. The summed E-state index contributed by atoms with van der Waals surface area (Å²) in [5.41, 5.74) is 3.13. The summed E-state index contributed by atoms with van der Waals surface area (Å²) in [5, 5.41) is 2.07. The number of aromatic nitrogens is 2. The van der Waals surface area contributed by atoms with Gasteiger partial charge in [0.05, 0.1) is 12.8 Å². The molecular weight excluding hydrogens is 272 g/mol. The van der Waals surface area contributed by atoms with E-state index in [9.17, 15) is 4.79 Å². The molecule has 6 heteroatoms. The van der Waals surface area contributed by atoms with Crippen LogP contribution >= 0.6 is 22.9 Å². The first-order chi connectivity index (χ1) is 8.52. The number of thiophene rings is 1. The van der Waals surface area contributed by atoms with Crippen LogP contribution in [0.4, 0.5) is 0 Å². The molecule has 4 nitrogen and oxygen atoms in total. The molecule has 0 amide bonds. The van der Waals surface area contributed by atoms with E-state index < -0.39 is 0 Å². The van der Waals surface area contributed by atoms with Crippen molar-refractivity contribution >= 4 is 28.9 Å². The van der Waals surface area contributed by atoms with Crippen molar-refractivity contribution in [3.05, 3.63) is 32.9 Å². The van der Waals surface area contributed by atoms with Crippen LogP contribution in [0.5, 0.6) is 0 Å². The standard InChI is InChI=1S/C12H11ClN2O2S/c1-6-5-18-10(11(16)17-3)9(6)8-4-7(2)14-12(13)15-8/h4-5H,1-3H3. The van der Waals surface area contributed by atoms with Crippen LogP contribution in [0, 0.1) is 13.8 Å². The van der Waals surface area contributed by atoms with Gasteiger partial charge in [-0.25, -0.2) is 14.8 Å². The number of hydrogen-bond donors (Lipinski definition) is 0. The number of halogens is 1. The fraction of sp³-hybridized carbons (Fsp3) is 0.250. The van der Waals surface area contributed by atoms with E-state index >= 15 is 0 Å². The zero-order chi connectivity index (χ0) is 13.3. The van der Waals surface area contributed by atoms with Gasteiger partial charge in [-0.15, -0.1) is 11.3 Å². The average Bonchev–Trinajstić information content (AvgIpc) is 2.69. The van der Waals surface area contributed by atoms with Crippen LogP contribution in [-0.2, 0) is 4.74 Å². The predicted molar refractivity (Wildman–Crippen MR) is 71.2 cm³/mol. The normalized spacial score (nSPS) is 10.4. The smallest absolute Gasteiger partial charge is 0.348 e. The van der Waals surface area contributed by atoms with E-state index in [1.807, 2.05) is 19.2 Å². The van der Waals surface area contributed by atoms with Gasteiger partial charge in [-0.05, 0) is 42.5 Å². The number of esters is 1. The molecule has 0 bridgehead atoms. The predicted octanol–water partition coefficient (Wildman–Crippen LogP) is 3.26. The third-order valence-corrected chi connectivity index (χ3v) is 3.68. The highest BCUT2D eigenvalue weighted by Crippen LogP contribution is 2.32. The highest BCUT2D eigenvalue weighted by Gasteiger charge is 2.19. The van der Waals surface area contributed by atoms with Gasteiger partial charge in [0.2, 0.25) is 5.28 Å². The molecule has 0 atom stereocenters. The van der Waals surface area contributed by atoms with Crippen molar-refractivity contribution in [2.24, 2.45) is 0 Å². The second-order valence-electron chi connectivity index (χ2n) is 3.78. The maximum atomic E-state index is 11.7. The number of hydrogen-bond acceptors (Lipinski definition) is 5. The zero-order valence-electron chi connectivity index (χ0n) is 10.2. The fourth-order valence-corrected chi connectivity index (χ4v) is 2.87. The number of carbonyl (C=O) groups is 1. The molecule has 0 aromatic carbocycles. The van der Waals surface area contributed by atoms with Crippen molar-refractivity contribution in [2.45, 2.75) is 13.8 Å². The van der Waals surface area contributed by atoms with Crippen molar-refractivity contribution in [3.8, 4) is 11.3 Å². The van der Waals surface area contributed by atoms with Gasteiger partial charge in [0.1, 0.15) is 4.88 Å². The van der Waals surface area contributed by atoms with Gasteiger partial charge in [0.25, 0.3) is 0 Å². The maximum Gasteiger partial charge on any atom is 0.348 e. The van der Waals surface area contributed by atoms with E-state index in [1.54, 1.807) is 6.07 Å². The van der Waals surface area contributed by atoms with E-state index in [2.05, 4.69) is 9.97 Å². The van der Waals surface area contributed by atoms with Crippen molar-refractivity contribution in [1.82, 2.24) is 9.97 Å². The van der Waals surface area contributed by atoms with Crippen LogP contribution in [0.2, 0.25) is 5.28 Å². The summed E-state index contributed by atoms with van der Waals surface area (Å²) in [5.74, 6) is -0.365. The minimum atomic E-state index is -0.365. The molecule has 18 heavy (non-hydrogen) atoms. The highest BCUT2D eigenvalue weighted by atomic mass is 35.5. The topological polar surface area (TPSA) is 52.1 Å². The Balaban J connectivity index is 2.62. The van der Waals surface area contributed by atoms with E-state index in [0.29, 0.717) is 10.6 Å². The maximum absolute atomic E-state index is 11.7. The van der Waals surface area contributed by atoms with Crippen LogP contribution in [0.25, 0.3) is 11.3 Å². The molecule has 2 aromatic rings. The largest absolute Gasteiger partial charge is 0.465 e. The lowest BCUT2D eigenvalue weighted by Gasteiger charge is -2.05. The number of methoxy groups -OCH3 is 1. The van der Waals surface area contributed by atoms with Gasteiger partial charge in [-0.3, -0.25) is 0 Å². The Morgan fingerprint density at radius 2 is 2.11 bits per heavy atom. The van der Waals surface area contributed by atoms with Crippen molar-refractivity contribution < 1.29 is 9.53 Å². The third kappa shape index (κ3) is 2.37. The second-order valence-corrected chi connectivity index (χ2v) is 5.00. The minimum Gasteiger partial charge on any atom is -0.465 e. The number of aryl methyl sites for hydroxylation is 2. The van der Waals surface area contributed by atoms with Crippen LogP contribution < -0.4 is 0 Å². The van der Waals surface area contributed by atoms with E-state index in [1.165, 1.54) is 18.4 Å².